The van der Waals surface area contributed by atoms with Crippen LogP contribution in [0, 0.1) is 0 Å². The Kier molecular flexibility index (Phi) is 2140000000. The van der Waals surface area contributed by atoms with Gasteiger partial charge in [-0.15, -0.1) is 0 Å². The number of hydrogen-bond donors (Lipinski definition) is 1. The van der Waals surface area contributed by atoms with E-state index in [0.29, 0.717) is 0 Å². The predicted molar refractivity (Wildman–Crippen MR) is 79.2 cm³/mol. The molecular weight excluding hydrogens is 144 g/mol. The van der Waals surface area contributed by atoms with Gasteiger partial charge in [-0.1, -0.05) is 66.8 Å². The lowest BCUT2D eigenvalue weighted by atomic mass is 10.8. The third-order valence-electron chi connectivity index (χ3n) is 0. The summed E-state index contributed by atoms with van der Waals surface area (Å²) in [7, 11) is 0. The second kappa shape index (κ2) is 140000. The zero-order valence-electron chi connectivity index (χ0n) is 1.86. The van der Waals surface area contributed by atoms with Crippen LogP contribution in [0.5, 0.6) is 0 Å². The highest BCUT2D eigenvalue weighted by atomic mass is 14.0. The molecule has 0 aliphatic carbocycles. The summed E-state index contributed by atoms with van der Waals surface area (Å²) in [5.74, 6) is 0. The minimum Gasteiger partial charge on any atom is -0.344 e. The summed E-state index contributed by atoms with van der Waals surface area (Å²) in [4.78, 5) is 0. The molecule has 0 unspecified atom stereocenters. The molecule has 3 N–H and O–H groups in total. The molecule has 0 aliphatic heterocycles. The van der Waals surface area contributed by atoms with Crippen molar-refractivity contribution in [1.82, 2.24) is 6.15 Å². The lowest BCUT2D eigenvalue weighted by Crippen LogP contribution is -0.481. The summed E-state index contributed by atoms with van der Waals surface area (Å²) >= 11 is 0. The molecule has 0 aliphatic rings. The van der Waals surface area contributed by atoms with Crippen LogP contribution in [-0.4, -0.2) is 16.8 Å². The van der Waals surface area contributed by atoms with Crippen molar-refractivity contribution in [3.05, 3.63) is 0 Å². The van der Waals surface area contributed by atoms with Gasteiger partial charge in [0.1, 0.15) is 0 Å². The van der Waals surface area contributed by atoms with Crippen molar-refractivity contribution in [1.29, 1.82) is 0 Å². The van der Waals surface area contributed by atoms with E-state index in [1.54, 1.807) is 0 Å². The molecule has 0 spiro atoms. The Hall–Kier alpha value is 0.0899. The van der Waals surface area contributed by atoms with E-state index in [2.05, 4.69) is 0 Å². The quantitative estimate of drug-likeness (QED) is 0.505. The van der Waals surface area contributed by atoms with Crippen LogP contribution < -0.4 is 6.15 Å². The van der Waals surface area contributed by atoms with Crippen LogP contribution in [0.4, 0.5) is 0 Å². The Labute approximate surface area is 92.0 Å². The fourth-order valence-electron chi connectivity index (χ4n) is 0. The highest BCUT2D eigenvalue weighted by Gasteiger charge is 0.00126. The van der Waals surface area contributed by atoms with Crippen molar-refractivity contribution in [2.24, 2.45) is 0 Å². The van der Waals surface area contributed by atoms with Gasteiger partial charge in [0.05, 0.1) is 0 Å². The molecule has 0 heterocycles. The average Bonchev–Trinajstić information content (AvgIpc) is 0. The molecule has 0 fully saturated rings. The molecule has 0 saturated heterocycles. The maximum absolute atomic E-state index is 0. The van der Waals surface area contributed by atoms with Gasteiger partial charge >= 0.3 is 0 Å². The lowest BCUT2D eigenvalue weighted by molar-refractivity contribution is 2.13. The maximum atomic E-state index is 0. The smallest absolute Gasteiger partial charge is 0 e. The van der Waals surface area contributed by atoms with Crippen LogP contribution in [0.2, 0.25) is 0 Å². The van der Waals surface area contributed by atoms with Gasteiger partial charge in [-0.3, -0.25) is 0 Å². The van der Waals surface area contributed by atoms with E-state index in [-0.39, 0.29) is 91.2 Å². The largest absolute Gasteiger partial charge is 0.344 e. The molecule has 0 rings (SSSR count). The zero-order chi connectivity index (χ0) is 0. The third-order valence-corrected chi connectivity index (χ3v) is 0. The van der Waals surface area contributed by atoms with E-state index in [9.17, 15) is 0 Å². The topological polar surface area (TPSA) is 35.0 Å². The normalized spacial score (nSPS) is 0. The van der Waals surface area contributed by atoms with E-state index in [4.69, 9.17) is 0 Å². The van der Waals surface area contributed by atoms with Crippen LogP contribution in [-0.2, 0) is 0 Å². The SMILES string of the molecule is C.C.C.C.C.C.C.C.C.N.[B].[B].[HH]. The van der Waals surface area contributed by atoms with Crippen LogP contribution >= 0.6 is 0 Å². The standard InChI is InChI=1S/9CH4.2B.H3N.H2/h9*1H4;;;1H3;1H. The first-order valence-electron chi connectivity index (χ1n) is 0. The van der Waals surface area contributed by atoms with Gasteiger partial charge in [-0.05, 0) is 0 Å². The highest BCUT2D eigenvalue weighted by molar-refractivity contribution is 5.76. The summed E-state index contributed by atoms with van der Waals surface area (Å²) in [5.41, 5.74) is 0. The van der Waals surface area contributed by atoms with Gasteiger partial charge < -0.3 is 6.15 Å². The molecular formula is C9H41B2N. The molecule has 12 heavy (non-hydrogen) atoms. The van der Waals surface area contributed by atoms with E-state index in [0.717, 1.165) is 0 Å². The fraction of sp³-hybridized carbons (Fsp3) is 1.00. The van der Waals surface area contributed by atoms with Gasteiger partial charge in [-0.25, -0.2) is 0 Å². The van der Waals surface area contributed by atoms with Crippen molar-refractivity contribution in [3.8, 4) is 0 Å². The third kappa shape index (κ3) is 103000. The van der Waals surface area contributed by atoms with Gasteiger partial charge in [0.2, 0.25) is 0 Å². The molecule has 0 aromatic rings. The summed E-state index contributed by atoms with van der Waals surface area (Å²) < 4.78 is 0. The molecule has 0 bridgehead atoms. The minimum absolute atomic E-state index is 0. The van der Waals surface area contributed by atoms with E-state index in [1.807, 2.05) is 0 Å². The molecule has 0 aromatic heterocycles. The lowest BCUT2D eigenvalue weighted by Gasteiger charge is -0.344. The van der Waals surface area contributed by atoms with E-state index < -0.39 is 0 Å². The fourth-order valence-corrected chi connectivity index (χ4v) is 0. The Bertz CT molecular complexity index is 17.6. The summed E-state index contributed by atoms with van der Waals surface area (Å²) in [6, 6.07) is 0. The second-order valence-electron chi connectivity index (χ2n) is 0. The summed E-state index contributed by atoms with van der Waals surface area (Å²) in [6.07, 6.45) is 0. The van der Waals surface area contributed by atoms with Gasteiger partial charge in [0, 0.05) is 18.3 Å². The average molecular weight is 185 g/mol. The second-order valence-corrected chi connectivity index (χ2v) is 0. The van der Waals surface area contributed by atoms with E-state index >= 15 is 0 Å². The molecule has 0 amide bonds. The Morgan fingerprint density at radius 3 is 0.333 bits per heavy atom. The van der Waals surface area contributed by atoms with Gasteiger partial charge in [0.25, 0.3) is 0 Å². The number of hydrogen-bond acceptors (Lipinski definition) is 1. The van der Waals surface area contributed by atoms with Crippen molar-refractivity contribution in [2.45, 2.75) is 66.8 Å². The van der Waals surface area contributed by atoms with Crippen molar-refractivity contribution < 1.29 is 1.43 Å². The van der Waals surface area contributed by atoms with Gasteiger partial charge in [0.15, 0.2) is 0 Å². The summed E-state index contributed by atoms with van der Waals surface area (Å²) in [6.45, 7) is 0. The molecule has 1 nitrogen and oxygen atoms in total. The molecule has 0 saturated carbocycles. The molecule has 3 heteroatoms. The van der Waals surface area contributed by atoms with Crippen molar-refractivity contribution in [3.63, 3.8) is 0 Å². The molecule has 0 aromatic carbocycles. The Balaban J connectivity index is 0. The molecule has 6 radical (unpaired) electrons. The van der Waals surface area contributed by atoms with Crippen LogP contribution in [0.3, 0.4) is 0 Å². The van der Waals surface area contributed by atoms with Crippen LogP contribution in [0.1, 0.15) is 68.3 Å². The van der Waals surface area contributed by atoms with Gasteiger partial charge in [-0.2, -0.15) is 0 Å². The Morgan fingerprint density at radius 1 is 0.333 bits per heavy atom. The predicted octanol–water partition coefficient (Wildman–Crippen LogP) is 5.37. The van der Waals surface area contributed by atoms with E-state index in [1.165, 1.54) is 0 Å². The monoisotopic (exact) mass is 185 g/mol. The first-order chi connectivity index (χ1) is 0. The first-order valence-corrected chi connectivity index (χ1v) is 0. The molecule has 88 valence electrons. The maximum Gasteiger partial charge on any atom is 0 e. The van der Waals surface area contributed by atoms with Crippen molar-refractivity contribution >= 4 is 16.8 Å². The molecule has 0 atom stereocenters. The zero-order valence-corrected chi connectivity index (χ0v) is 1.86. The summed E-state index contributed by atoms with van der Waals surface area (Å²) in [5, 5.41) is 0. The van der Waals surface area contributed by atoms with Crippen molar-refractivity contribution in [2.75, 3.05) is 0 Å². The minimum atomic E-state index is 0. The highest BCUT2D eigenvalue weighted by Crippen LogP contribution is 0.152. The van der Waals surface area contributed by atoms with Crippen LogP contribution in [0.25, 0.3) is 0 Å². The number of rotatable bonds is 0. The Morgan fingerprint density at radius 2 is 0.333 bits per heavy atom. The van der Waals surface area contributed by atoms with Crippen LogP contribution in [0.15, 0.2) is 0 Å². The first kappa shape index (κ1) is 184000.